The molecule has 1 aromatic heterocycles. The van der Waals surface area contributed by atoms with Crippen LogP contribution in [0.5, 0.6) is 0 Å². The van der Waals surface area contributed by atoms with Gasteiger partial charge in [-0.1, -0.05) is 6.92 Å². The van der Waals surface area contributed by atoms with Gasteiger partial charge in [0.25, 0.3) is 0 Å². The number of nitrogens with one attached hydrogen (secondary N) is 1. The summed E-state index contributed by atoms with van der Waals surface area (Å²) in [4.78, 5) is 15.1. The third kappa shape index (κ3) is 4.64. The van der Waals surface area contributed by atoms with E-state index in [4.69, 9.17) is 5.73 Å². The molecule has 7 heteroatoms. The Balaban J connectivity index is 2.04. The molecule has 1 saturated carbocycles. The summed E-state index contributed by atoms with van der Waals surface area (Å²) in [6.45, 7) is 3.50. The first kappa shape index (κ1) is 18.6. The van der Waals surface area contributed by atoms with Gasteiger partial charge in [0, 0.05) is 32.1 Å². The predicted octanol–water partition coefficient (Wildman–Crippen LogP) is 1.41. The molecule has 1 heterocycles. The average Bonchev–Trinajstić information content (AvgIpc) is 3.26. The van der Waals surface area contributed by atoms with Gasteiger partial charge >= 0.3 is 0 Å². The second-order valence-electron chi connectivity index (χ2n) is 6.63. The van der Waals surface area contributed by atoms with E-state index in [0.717, 1.165) is 31.2 Å². The number of aromatic nitrogens is 2. The molecule has 0 bridgehead atoms. The number of carbonyl (C=O) groups excluding carboxylic acids is 1. The molecule has 1 fully saturated rings. The first-order chi connectivity index (χ1) is 11.6. The lowest BCUT2D eigenvalue weighted by atomic mass is 9.94. The minimum Gasteiger partial charge on any atom is -0.330 e. The molecule has 7 nitrogen and oxygen atoms in total. The molecule has 0 spiro atoms. The van der Waals surface area contributed by atoms with Gasteiger partial charge in [-0.3, -0.25) is 20.4 Å². The van der Waals surface area contributed by atoms with Crippen molar-refractivity contribution in [3.63, 3.8) is 0 Å². The molecule has 0 saturated heterocycles. The van der Waals surface area contributed by atoms with Crippen LogP contribution < -0.4 is 11.2 Å². The van der Waals surface area contributed by atoms with E-state index in [1.54, 1.807) is 0 Å². The fourth-order valence-electron chi connectivity index (χ4n) is 3.34. The van der Waals surface area contributed by atoms with Crippen molar-refractivity contribution >= 4 is 12.1 Å². The Morgan fingerprint density at radius 2 is 2.42 bits per heavy atom. The number of hydrogen-bond acceptors (Lipinski definition) is 5. The van der Waals surface area contributed by atoms with Gasteiger partial charge in [-0.15, -0.1) is 0 Å². The fraction of sp³-hybridized carbons (Fsp3) is 0.706. The Hall–Kier alpha value is -1.73. The lowest BCUT2D eigenvalue weighted by Gasteiger charge is -2.14. The molecule has 0 amide bonds. The lowest BCUT2D eigenvalue weighted by Crippen LogP contribution is -2.24. The van der Waals surface area contributed by atoms with Crippen molar-refractivity contribution in [2.45, 2.75) is 44.9 Å². The van der Waals surface area contributed by atoms with Crippen LogP contribution in [0.1, 0.15) is 49.8 Å². The highest BCUT2D eigenvalue weighted by atomic mass is 16.5. The van der Waals surface area contributed by atoms with Gasteiger partial charge in [0.05, 0.1) is 6.20 Å². The summed E-state index contributed by atoms with van der Waals surface area (Å²) in [7, 11) is 1.91. The van der Waals surface area contributed by atoms with Crippen molar-refractivity contribution in [2.75, 3.05) is 13.1 Å². The third-order valence-corrected chi connectivity index (χ3v) is 4.98. The van der Waals surface area contributed by atoms with Crippen molar-refractivity contribution in [1.29, 1.82) is 0 Å². The maximum atomic E-state index is 10.7. The first-order valence-corrected chi connectivity index (χ1v) is 8.70. The molecule has 24 heavy (non-hydrogen) atoms. The van der Waals surface area contributed by atoms with Gasteiger partial charge in [0.1, 0.15) is 12.1 Å². The Morgan fingerprint density at radius 3 is 3.08 bits per heavy atom. The standard InChI is InChI=1S/C17H29N5O2/c1-12(14-9-13(14)5-8-23)15-11-20-22(2)16(15)10-17(21-24)19-7-4-3-6-18/h8,11-14,24H,3-7,9-10,18H2,1-2H3,(H,19,21)/t12-,13?,14?/m1/s1. The van der Waals surface area contributed by atoms with E-state index < -0.39 is 0 Å². The van der Waals surface area contributed by atoms with Crippen LogP contribution in [0.3, 0.4) is 0 Å². The molecule has 3 atom stereocenters. The predicted molar refractivity (Wildman–Crippen MR) is 93.1 cm³/mol. The Bertz CT molecular complexity index is 569. The maximum absolute atomic E-state index is 10.7. The lowest BCUT2D eigenvalue weighted by molar-refractivity contribution is -0.108. The van der Waals surface area contributed by atoms with Crippen LogP contribution in [-0.2, 0) is 18.3 Å². The number of aliphatic imine (C=N–C) groups is 1. The van der Waals surface area contributed by atoms with Gasteiger partial charge in [0.15, 0.2) is 0 Å². The summed E-state index contributed by atoms with van der Waals surface area (Å²) < 4.78 is 1.84. The van der Waals surface area contributed by atoms with Crippen LogP contribution >= 0.6 is 0 Å². The summed E-state index contributed by atoms with van der Waals surface area (Å²) in [6.07, 6.45) is 7.02. The first-order valence-electron chi connectivity index (χ1n) is 8.70. The molecule has 4 N–H and O–H groups in total. The number of aryl methyl sites for hydroxylation is 1. The molecule has 0 aliphatic heterocycles. The van der Waals surface area contributed by atoms with Crippen LogP contribution in [0.15, 0.2) is 11.2 Å². The molecular formula is C17H29N5O2. The van der Waals surface area contributed by atoms with Crippen LogP contribution in [0, 0.1) is 11.8 Å². The molecule has 2 rings (SSSR count). The number of nitrogens with zero attached hydrogens (tertiary/aromatic N) is 3. The summed E-state index contributed by atoms with van der Waals surface area (Å²) in [5, 5.41) is 13.7. The van der Waals surface area contributed by atoms with E-state index in [-0.39, 0.29) is 0 Å². The number of unbranched alkanes of at least 4 members (excludes halogenated alkanes) is 1. The Kier molecular flexibility index (Phi) is 6.93. The number of hydrogen-bond donors (Lipinski definition) is 3. The van der Waals surface area contributed by atoms with Crippen LogP contribution in [0.2, 0.25) is 0 Å². The minimum atomic E-state index is 0.357. The largest absolute Gasteiger partial charge is 0.330 e. The average molecular weight is 335 g/mol. The van der Waals surface area contributed by atoms with Crippen LogP contribution in [-0.4, -0.2) is 40.2 Å². The zero-order valence-corrected chi connectivity index (χ0v) is 14.6. The van der Waals surface area contributed by atoms with Gasteiger partial charge in [0.2, 0.25) is 0 Å². The highest BCUT2D eigenvalue weighted by Crippen LogP contribution is 2.50. The zero-order chi connectivity index (χ0) is 17.5. The number of aldehydes is 1. The normalized spacial score (nSPS) is 21.6. The summed E-state index contributed by atoms with van der Waals surface area (Å²) in [5.74, 6) is 1.95. The van der Waals surface area contributed by atoms with E-state index in [1.165, 1.54) is 5.56 Å². The topological polar surface area (TPSA) is 106 Å². The monoisotopic (exact) mass is 335 g/mol. The summed E-state index contributed by atoms with van der Waals surface area (Å²) in [5.41, 5.74) is 9.93. The Morgan fingerprint density at radius 1 is 1.62 bits per heavy atom. The maximum Gasteiger partial charge on any atom is 0.126 e. The Labute approximate surface area is 143 Å². The van der Waals surface area contributed by atoms with Crippen molar-refractivity contribution in [3.8, 4) is 0 Å². The molecule has 1 aliphatic carbocycles. The summed E-state index contributed by atoms with van der Waals surface area (Å²) in [6, 6.07) is 0. The van der Waals surface area contributed by atoms with Gasteiger partial charge < -0.3 is 10.5 Å². The van der Waals surface area contributed by atoms with E-state index in [1.807, 2.05) is 17.9 Å². The highest BCUT2D eigenvalue weighted by Gasteiger charge is 2.42. The molecule has 1 aliphatic rings. The number of nitrogens with two attached hydrogens (primary N) is 1. The molecule has 2 unspecified atom stereocenters. The SMILES string of the molecule is C[C@@H](c1cnn(C)c1CC(=NCCCCN)NO)C1CC1CC=O. The molecule has 0 aromatic carbocycles. The van der Waals surface area contributed by atoms with E-state index in [0.29, 0.717) is 49.5 Å². The van der Waals surface area contributed by atoms with Crippen LogP contribution in [0.25, 0.3) is 0 Å². The smallest absolute Gasteiger partial charge is 0.126 e. The van der Waals surface area contributed by atoms with Gasteiger partial charge in [-0.2, -0.15) is 5.10 Å². The van der Waals surface area contributed by atoms with Crippen molar-refractivity contribution in [2.24, 2.45) is 29.6 Å². The third-order valence-electron chi connectivity index (χ3n) is 4.98. The molecular weight excluding hydrogens is 306 g/mol. The molecule has 1 aromatic rings. The van der Waals surface area contributed by atoms with Crippen molar-refractivity contribution in [1.82, 2.24) is 15.3 Å². The second kappa shape index (κ2) is 8.94. The zero-order valence-electron chi connectivity index (χ0n) is 14.6. The minimum absolute atomic E-state index is 0.357. The number of rotatable bonds is 10. The van der Waals surface area contributed by atoms with Gasteiger partial charge in [-0.05, 0) is 49.1 Å². The second-order valence-corrected chi connectivity index (χ2v) is 6.63. The van der Waals surface area contributed by atoms with Crippen molar-refractivity contribution < 1.29 is 10.0 Å². The number of carbonyl (C=O) groups is 1. The van der Waals surface area contributed by atoms with E-state index in [2.05, 4.69) is 22.5 Å². The summed E-state index contributed by atoms with van der Waals surface area (Å²) >= 11 is 0. The van der Waals surface area contributed by atoms with E-state index >= 15 is 0 Å². The quantitative estimate of drug-likeness (QED) is 0.197. The fourth-order valence-corrected chi connectivity index (χ4v) is 3.34. The van der Waals surface area contributed by atoms with Crippen LogP contribution in [0.4, 0.5) is 0 Å². The number of hydroxylamine groups is 1. The van der Waals surface area contributed by atoms with Crippen molar-refractivity contribution in [3.05, 3.63) is 17.5 Å². The molecule has 134 valence electrons. The van der Waals surface area contributed by atoms with Gasteiger partial charge in [-0.25, -0.2) is 0 Å². The number of amidine groups is 1. The van der Waals surface area contributed by atoms with E-state index in [9.17, 15) is 10.0 Å². The molecule has 0 radical (unpaired) electrons. The highest BCUT2D eigenvalue weighted by molar-refractivity contribution is 5.83.